The van der Waals surface area contributed by atoms with E-state index >= 15 is 0 Å². The lowest BCUT2D eigenvalue weighted by atomic mass is 10.1. The summed E-state index contributed by atoms with van der Waals surface area (Å²) in [5.74, 6) is 0.0849. The van der Waals surface area contributed by atoms with Gasteiger partial charge in [-0.2, -0.15) is 0 Å². The van der Waals surface area contributed by atoms with Crippen molar-refractivity contribution in [3.63, 3.8) is 0 Å². The molecule has 0 heterocycles. The van der Waals surface area contributed by atoms with Crippen molar-refractivity contribution < 1.29 is 4.79 Å². The van der Waals surface area contributed by atoms with Gasteiger partial charge in [-0.05, 0) is 43.4 Å². The molecule has 1 aliphatic rings. The number of benzene rings is 2. The smallest absolute Gasteiger partial charge is 0.234 e. The molecule has 0 saturated heterocycles. The summed E-state index contributed by atoms with van der Waals surface area (Å²) in [6, 6.07) is 18.8. The maximum Gasteiger partial charge on any atom is 0.234 e. The second-order valence-corrected chi connectivity index (χ2v) is 7.09. The highest BCUT2D eigenvalue weighted by atomic mass is 35.5. The monoisotopic (exact) mass is 356 g/mol. The van der Waals surface area contributed by atoms with Crippen LogP contribution in [-0.4, -0.2) is 29.9 Å². The van der Waals surface area contributed by atoms with E-state index in [0.29, 0.717) is 19.1 Å². The van der Waals surface area contributed by atoms with Crippen LogP contribution in [-0.2, 0) is 11.2 Å². The van der Waals surface area contributed by atoms with Crippen LogP contribution in [0, 0.1) is 0 Å². The molecule has 25 heavy (non-hydrogen) atoms. The van der Waals surface area contributed by atoms with E-state index in [9.17, 15) is 4.79 Å². The molecule has 0 radical (unpaired) electrons. The van der Waals surface area contributed by atoms with E-state index in [1.54, 1.807) is 0 Å². The predicted octanol–water partition coefficient (Wildman–Crippen LogP) is 4.22. The first-order valence-electron chi connectivity index (χ1n) is 8.96. The summed E-state index contributed by atoms with van der Waals surface area (Å²) in [5.41, 5.74) is 2.33. The Kier molecular flexibility index (Phi) is 6.11. The third kappa shape index (κ3) is 5.07. The highest BCUT2D eigenvalue weighted by Gasteiger charge is 2.34. The molecule has 1 saturated carbocycles. The van der Waals surface area contributed by atoms with Gasteiger partial charge in [-0.3, -0.25) is 9.69 Å². The van der Waals surface area contributed by atoms with E-state index in [0.717, 1.165) is 29.8 Å². The first-order valence-corrected chi connectivity index (χ1v) is 9.33. The molecule has 0 spiro atoms. The third-order valence-corrected chi connectivity index (χ3v) is 5.12. The van der Waals surface area contributed by atoms with Crippen molar-refractivity contribution in [3.8, 4) is 0 Å². The number of carbonyl (C=O) groups excluding carboxylic acids is 1. The Hall–Kier alpha value is -1.84. The van der Waals surface area contributed by atoms with Crippen LogP contribution >= 0.6 is 11.6 Å². The molecule has 3 nitrogen and oxygen atoms in total. The molecule has 1 fully saturated rings. The molecule has 0 aromatic heterocycles. The van der Waals surface area contributed by atoms with Crippen molar-refractivity contribution in [2.75, 3.05) is 13.1 Å². The van der Waals surface area contributed by atoms with Gasteiger partial charge in [0.05, 0.1) is 6.54 Å². The van der Waals surface area contributed by atoms with Crippen molar-refractivity contribution in [3.05, 3.63) is 70.7 Å². The number of halogens is 1. The van der Waals surface area contributed by atoms with E-state index < -0.39 is 0 Å². The molecule has 0 bridgehead atoms. The minimum atomic E-state index is 0.0849. The molecule has 1 amide bonds. The maximum atomic E-state index is 12.4. The van der Waals surface area contributed by atoms with Gasteiger partial charge in [-0.1, -0.05) is 60.1 Å². The van der Waals surface area contributed by atoms with Crippen molar-refractivity contribution >= 4 is 17.5 Å². The van der Waals surface area contributed by atoms with Crippen LogP contribution in [0.1, 0.15) is 36.9 Å². The Labute approximate surface area is 155 Å². The average Bonchev–Trinajstić information content (AvgIpc) is 3.45. The minimum Gasteiger partial charge on any atom is -0.355 e. The fourth-order valence-electron chi connectivity index (χ4n) is 3.19. The number of carbonyl (C=O) groups is 1. The standard InChI is InChI=1S/C21H25ClN2O/c1-16(19-9-5-6-10-20(19)22)24(18-11-12-18)15-21(25)23-14-13-17-7-3-2-4-8-17/h2-10,16,18H,11-15H2,1H3,(H,23,25). The fraction of sp³-hybridized carbons (Fsp3) is 0.381. The van der Waals surface area contributed by atoms with Gasteiger partial charge in [0.15, 0.2) is 0 Å². The largest absolute Gasteiger partial charge is 0.355 e. The van der Waals surface area contributed by atoms with Gasteiger partial charge in [-0.25, -0.2) is 0 Å². The number of hydrogen-bond acceptors (Lipinski definition) is 2. The SMILES string of the molecule is CC(c1ccccc1Cl)N(CC(=O)NCCc1ccccc1)C1CC1. The number of hydrogen-bond donors (Lipinski definition) is 1. The van der Waals surface area contributed by atoms with E-state index in [2.05, 4.69) is 35.3 Å². The highest BCUT2D eigenvalue weighted by molar-refractivity contribution is 6.31. The molecule has 1 N–H and O–H groups in total. The Morgan fingerprint density at radius 2 is 1.84 bits per heavy atom. The van der Waals surface area contributed by atoms with Gasteiger partial charge in [0.2, 0.25) is 5.91 Å². The summed E-state index contributed by atoms with van der Waals surface area (Å²) in [6.45, 7) is 3.23. The Morgan fingerprint density at radius 1 is 1.16 bits per heavy atom. The maximum absolute atomic E-state index is 12.4. The number of rotatable bonds is 8. The molecule has 1 unspecified atom stereocenters. The van der Waals surface area contributed by atoms with Crippen LogP contribution in [0.25, 0.3) is 0 Å². The molecule has 2 aromatic rings. The lowest BCUT2D eigenvalue weighted by molar-refractivity contribution is -0.122. The van der Waals surface area contributed by atoms with Crippen LogP contribution < -0.4 is 5.32 Å². The topological polar surface area (TPSA) is 32.3 Å². The molecule has 4 heteroatoms. The Bertz CT molecular complexity index is 700. The molecular weight excluding hydrogens is 332 g/mol. The zero-order valence-electron chi connectivity index (χ0n) is 14.6. The van der Waals surface area contributed by atoms with Gasteiger partial charge < -0.3 is 5.32 Å². The van der Waals surface area contributed by atoms with Gasteiger partial charge in [0.1, 0.15) is 0 Å². The lowest BCUT2D eigenvalue weighted by Gasteiger charge is -2.29. The molecule has 132 valence electrons. The number of nitrogens with one attached hydrogen (secondary N) is 1. The first-order chi connectivity index (χ1) is 12.1. The van der Waals surface area contributed by atoms with Crippen molar-refractivity contribution in [2.45, 2.75) is 38.3 Å². The number of amides is 1. The summed E-state index contributed by atoms with van der Waals surface area (Å²) < 4.78 is 0. The Balaban J connectivity index is 1.55. The predicted molar refractivity (Wildman–Crippen MR) is 103 cm³/mol. The quantitative estimate of drug-likeness (QED) is 0.767. The van der Waals surface area contributed by atoms with E-state index in [-0.39, 0.29) is 11.9 Å². The van der Waals surface area contributed by atoms with E-state index in [4.69, 9.17) is 11.6 Å². The molecule has 0 aliphatic heterocycles. The second kappa shape index (κ2) is 8.50. The van der Waals surface area contributed by atoms with Gasteiger partial charge in [0, 0.05) is 23.7 Å². The highest BCUT2D eigenvalue weighted by Crippen LogP contribution is 2.36. The second-order valence-electron chi connectivity index (χ2n) is 6.69. The lowest BCUT2D eigenvalue weighted by Crippen LogP contribution is -2.40. The van der Waals surface area contributed by atoms with E-state index in [1.807, 2.05) is 36.4 Å². The summed E-state index contributed by atoms with van der Waals surface area (Å²) in [7, 11) is 0. The zero-order valence-corrected chi connectivity index (χ0v) is 15.4. The normalized spacial score (nSPS) is 15.2. The number of nitrogens with zero attached hydrogens (tertiary/aromatic N) is 1. The van der Waals surface area contributed by atoms with E-state index in [1.165, 1.54) is 5.56 Å². The van der Waals surface area contributed by atoms with Crippen LogP contribution in [0.2, 0.25) is 5.02 Å². The molecule has 3 rings (SSSR count). The molecular formula is C21H25ClN2O. The molecule has 1 atom stereocenters. The summed E-state index contributed by atoms with van der Waals surface area (Å²) in [5, 5.41) is 3.82. The minimum absolute atomic E-state index is 0.0849. The molecule has 1 aliphatic carbocycles. The van der Waals surface area contributed by atoms with Crippen molar-refractivity contribution in [2.24, 2.45) is 0 Å². The average molecular weight is 357 g/mol. The van der Waals surface area contributed by atoms with Gasteiger partial charge in [-0.15, -0.1) is 0 Å². The first kappa shape index (κ1) is 18.0. The van der Waals surface area contributed by atoms with Crippen molar-refractivity contribution in [1.82, 2.24) is 10.2 Å². The fourth-order valence-corrected chi connectivity index (χ4v) is 3.49. The van der Waals surface area contributed by atoms with Gasteiger partial charge >= 0.3 is 0 Å². The summed E-state index contributed by atoms with van der Waals surface area (Å²) in [6.07, 6.45) is 3.17. The van der Waals surface area contributed by atoms with Crippen LogP contribution in [0.3, 0.4) is 0 Å². The van der Waals surface area contributed by atoms with Crippen LogP contribution in [0.15, 0.2) is 54.6 Å². The molecule has 2 aromatic carbocycles. The van der Waals surface area contributed by atoms with Gasteiger partial charge in [0.25, 0.3) is 0 Å². The zero-order chi connectivity index (χ0) is 17.6. The Morgan fingerprint density at radius 3 is 2.52 bits per heavy atom. The third-order valence-electron chi connectivity index (χ3n) is 4.77. The van der Waals surface area contributed by atoms with Crippen LogP contribution in [0.5, 0.6) is 0 Å². The summed E-state index contributed by atoms with van der Waals surface area (Å²) >= 11 is 6.35. The van der Waals surface area contributed by atoms with Crippen molar-refractivity contribution in [1.29, 1.82) is 0 Å². The summed E-state index contributed by atoms with van der Waals surface area (Å²) in [4.78, 5) is 14.7. The van der Waals surface area contributed by atoms with Crippen LogP contribution in [0.4, 0.5) is 0 Å².